The predicted octanol–water partition coefficient (Wildman–Crippen LogP) is 5.13. The van der Waals surface area contributed by atoms with Crippen molar-refractivity contribution in [3.8, 4) is 0 Å². The zero-order chi connectivity index (χ0) is 12.5. The summed E-state index contributed by atoms with van der Waals surface area (Å²) in [5, 5.41) is 0. The number of alkyl halides is 1. The third-order valence-corrected chi connectivity index (χ3v) is 3.29. The lowest BCUT2D eigenvalue weighted by molar-refractivity contribution is 0.251. The average Bonchev–Trinajstić information content (AvgIpc) is 2.19. The minimum absolute atomic E-state index is 0.151. The Hall–Kier alpha value is 0.280. The highest BCUT2D eigenvalue weighted by molar-refractivity contribution is 7.80. The van der Waals surface area contributed by atoms with Gasteiger partial charge in [0.1, 0.15) is 0 Å². The van der Waals surface area contributed by atoms with E-state index in [1.807, 2.05) is 13.8 Å². The van der Waals surface area contributed by atoms with Gasteiger partial charge < -0.3 is 0 Å². The molecule has 0 aromatic carbocycles. The maximum Gasteiger partial charge on any atom is 0.0945 e. The summed E-state index contributed by atoms with van der Waals surface area (Å²) >= 11 is 4.00. The van der Waals surface area contributed by atoms with E-state index in [2.05, 4.69) is 40.3 Å². The van der Waals surface area contributed by atoms with Gasteiger partial charge in [0.2, 0.25) is 0 Å². The fourth-order valence-corrected chi connectivity index (χ4v) is 1.22. The van der Waals surface area contributed by atoms with E-state index in [0.717, 1.165) is 12.2 Å². The molecule has 0 atom stereocenters. The minimum Gasteiger partial charge on any atom is -0.251 e. The number of rotatable bonds is 5. The number of hydrogen-bond donors (Lipinski definition) is 1. The van der Waals surface area contributed by atoms with Crippen molar-refractivity contribution in [2.45, 2.75) is 60.8 Å². The van der Waals surface area contributed by atoms with Crippen molar-refractivity contribution in [1.82, 2.24) is 0 Å². The Labute approximate surface area is 101 Å². The zero-order valence-corrected chi connectivity index (χ0v) is 12.3. The molecule has 0 heterocycles. The molecule has 0 aromatic heterocycles. The van der Waals surface area contributed by atoms with E-state index in [-0.39, 0.29) is 12.1 Å². The van der Waals surface area contributed by atoms with Crippen molar-refractivity contribution in [2.75, 3.05) is 12.4 Å². The fraction of sp³-hybridized carbons (Fsp3) is 1.00. The van der Waals surface area contributed by atoms with Crippen LogP contribution in [0.5, 0.6) is 0 Å². The van der Waals surface area contributed by atoms with Gasteiger partial charge in [-0.15, -0.1) is 0 Å². The van der Waals surface area contributed by atoms with Gasteiger partial charge in [0.15, 0.2) is 0 Å². The highest BCUT2D eigenvalue weighted by atomic mass is 32.1. The van der Waals surface area contributed by atoms with Crippen LogP contribution in [0.3, 0.4) is 0 Å². The van der Waals surface area contributed by atoms with Gasteiger partial charge in [-0.3, -0.25) is 4.39 Å². The molecule has 0 aliphatic heterocycles. The molecule has 0 spiro atoms. The molecule has 0 saturated heterocycles. The Morgan fingerprint density at radius 2 is 1.33 bits per heavy atom. The highest BCUT2D eigenvalue weighted by Gasteiger charge is 2.15. The van der Waals surface area contributed by atoms with Crippen LogP contribution in [-0.4, -0.2) is 12.4 Å². The van der Waals surface area contributed by atoms with Gasteiger partial charge in [-0.1, -0.05) is 54.4 Å². The van der Waals surface area contributed by atoms with Crippen LogP contribution in [0.4, 0.5) is 4.39 Å². The molecule has 0 aromatic rings. The third-order valence-electron chi connectivity index (χ3n) is 3.06. The molecular weight excluding hydrogens is 206 g/mol. The first-order chi connectivity index (χ1) is 6.74. The molecule has 94 valence electrons. The Kier molecular flexibility index (Phi) is 9.93. The van der Waals surface area contributed by atoms with E-state index in [9.17, 15) is 4.39 Å². The molecule has 0 aliphatic carbocycles. The molecule has 0 unspecified atom stereocenters. The second kappa shape index (κ2) is 8.43. The quantitative estimate of drug-likeness (QED) is 0.627. The SMILES string of the molecule is CC(C)(C[18F])CCS.CCC(C)(C)CC. The maximum absolute atomic E-state index is 11.9. The normalized spacial score (nSPS) is 12.0. The second-order valence-corrected chi connectivity index (χ2v) is 6.09. The molecule has 15 heavy (non-hydrogen) atoms. The summed E-state index contributed by atoms with van der Waals surface area (Å²) < 4.78 is 11.9. The average molecular weight is 235 g/mol. The lowest BCUT2D eigenvalue weighted by Crippen LogP contribution is -2.13. The van der Waals surface area contributed by atoms with E-state index in [0.29, 0.717) is 5.41 Å². The van der Waals surface area contributed by atoms with Gasteiger partial charge in [-0.2, -0.15) is 12.6 Å². The van der Waals surface area contributed by atoms with Crippen LogP contribution >= 0.6 is 12.6 Å². The van der Waals surface area contributed by atoms with Gasteiger partial charge in [0, 0.05) is 0 Å². The minimum atomic E-state index is -0.243. The topological polar surface area (TPSA) is 0 Å². The third kappa shape index (κ3) is 12.2. The number of thiol groups is 1. The summed E-state index contributed by atoms with van der Waals surface area (Å²) in [6, 6.07) is 0. The van der Waals surface area contributed by atoms with Crippen LogP contribution in [0.1, 0.15) is 60.8 Å². The smallest absolute Gasteiger partial charge is 0.0945 e. The van der Waals surface area contributed by atoms with E-state index in [4.69, 9.17) is 0 Å². The van der Waals surface area contributed by atoms with Crippen LogP contribution in [0.2, 0.25) is 0 Å². The van der Waals surface area contributed by atoms with Crippen LogP contribution in [0.15, 0.2) is 0 Å². The van der Waals surface area contributed by atoms with E-state index < -0.39 is 0 Å². The molecule has 0 saturated carbocycles. The van der Waals surface area contributed by atoms with Crippen molar-refractivity contribution in [3.05, 3.63) is 0 Å². The van der Waals surface area contributed by atoms with E-state index in [1.165, 1.54) is 12.8 Å². The van der Waals surface area contributed by atoms with Gasteiger partial charge in [-0.25, -0.2) is 0 Å². The highest BCUT2D eigenvalue weighted by Crippen LogP contribution is 2.22. The predicted molar refractivity (Wildman–Crippen MR) is 72.6 cm³/mol. The molecule has 0 rings (SSSR count). The summed E-state index contributed by atoms with van der Waals surface area (Å²) in [6.45, 7) is 12.6. The summed E-state index contributed by atoms with van der Waals surface area (Å²) in [5.41, 5.74) is 0.432. The maximum atomic E-state index is 11.9. The first kappa shape index (κ1) is 17.7. The summed E-state index contributed by atoms with van der Waals surface area (Å²) in [6.07, 6.45) is 3.44. The summed E-state index contributed by atoms with van der Waals surface area (Å²) in [4.78, 5) is 0. The van der Waals surface area contributed by atoms with Crippen molar-refractivity contribution in [3.63, 3.8) is 0 Å². The van der Waals surface area contributed by atoms with Crippen molar-refractivity contribution < 1.29 is 4.39 Å². The van der Waals surface area contributed by atoms with Gasteiger partial charge >= 0.3 is 0 Å². The second-order valence-electron chi connectivity index (χ2n) is 5.64. The van der Waals surface area contributed by atoms with Crippen molar-refractivity contribution >= 4 is 12.6 Å². The van der Waals surface area contributed by atoms with Crippen LogP contribution in [0.25, 0.3) is 0 Å². The van der Waals surface area contributed by atoms with E-state index >= 15 is 0 Å². The summed E-state index contributed by atoms with van der Waals surface area (Å²) in [7, 11) is 0. The standard InChI is InChI=1S/C7H16.C6H13FS/c1-5-7(3,4)6-2;1-6(2,5-7)3-4-8/h5-6H2,1-4H3;8H,3-5H2,1-2H3/i;7-1. The Bertz CT molecular complexity index is 135. The van der Waals surface area contributed by atoms with Crippen molar-refractivity contribution in [2.24, 2.45) is 10.8 Å². The number of hydrogen-bond acceptors (Lipinski definition) is 1. The zero-order valence-electron chi connectivity index (χ0n) is 11.4. The van der Waals surface area contributed by atoms with Crippen LogP contribution < -0.4 is 0 Å². The van der Waals surface area contributed by atoms with Gasteiger partial charge in [-0.05, 0) is 23.0 Å². The van der Waals surface area contributed by atoms with E-state index in [1.54, 1.807) is 0 Å². The summed E-state index contributed by atoms with van der Waals surface area (Å²) in [5.74, 6) is 0.775. The number of halogens is 1. The molecule has 0 fully saturated rings. The lowest BCUT2D eigenvalue weighted by atomic mass is 9.88. The Morgan fingerprint density at radius 1 is 0.933 bits per heavy atom. The molecule has 0 radical (unpaired) electrons. The molecule has 0 N–H and O–H groups in total. The monoisotopic (exact) mass is 235 g/mol. The fourth-order valence-electron chi connectivity index (χ4n) is 0.619. The molecular formula is C13H29FS. The molecule has 2 heteroatoms. The van der Waals surface area contributed by atoms with Crippen LogP contribution in [0, 0.1) is 10.8 Å². The Balaban J connectivity index is 0. The molecule has 0 amide bonds. The Morgan fingerprint density at radius 3 is 1.40 bits per heavy atom. The van der Waals surface area contributed by atoms with Crippen molar-refractivity contribution in [1.29, 1.82) is 0 Å². The first-order valence-electron chi connectivity index (χ1n) is 5.91. The van der Waals surface area contributed by atoms with Gasteiger partial charge in [0.25, 0.3) is 0 Å². The van der Waals surface area contributed by atoms with Crippen LogP contribution in [-0.2, 0) is 0 Å². The lowest BCUT2D eigenvalue weighted by Gasteiger charge is -2.18. The molecule has 0 bridgehead atoms. The molecule has 0 nitrogen and oxygen atoms in total. The van der Waals surface area contributed by atoms with Gasteiger partial charge in [0.05, 0.1) is 6.67 Å². The largest absolute Gasteiger partial charge is 0.251 e. The first-order valence-corrected chi connectivity index (χ1v) is 6.54. The molecule has 0 aliphatic rings.